The number of phenols is 1. The Morgan fingerprint density at radius 1 is 1.04 bits per heavy atom. The maximum atomic E-state index is 14.0. The van der Waals surface area contributed by atoms with Crippen molar-refractivity contribution >= 4 is 25.2 Å². The van der Waals surface area contributed by atoms with Crippen molar-refractivity contribution in [1.29, 1.82) is 0 Å². The molecule has 48 heavy (non-hydrogen) atoms. The lowest BCUT2D eigenvalue weighted by atomic mass is 9.60. The quantitative estimate of drug-likeness (QED) is 0.103. The molecule has 0 spiro atoms. The van der Waals surface area contributed by atoms with Crippen LogP contribution in [-0.2, 0) is 36.2 Å². The minimum absolute atomic E-state index is 0.0366. The Bertz CT molecular complexity index is 1740. The molecule has 3 aliphatic rings. The van der Waals surface area contributed by atoms with Crippen LogP contribution in [0.1, 0.15) is 74.4 Å². The molecule has 0 fully saturated rings. The number of Topliss-reactive ketones (excluding diaryl/α,β-unsaturated/α-hetero) is 2. The van der Waals surface area contributed by atoms with Gasteiger partial charge in [0, 0.05) is 31.0 Å². The number of aliphatic hydroxyl groups excluding tert-OH is 2. The van der Waals surface area contributed by atoms with E-state index in [9.17, 15) is 39.4 Å². The van der Waals surface area contributed by atoms with Crippen LogP contribution < -0.4 is 5.73 Å². The fraction of sp³-hybridized carbons (Fsp3) is 0.457. The second kappa shape index (κ2) is 14.0. The van der Waals surface area contributed by atoms with Gasteiger partial charge in [-0.25, -0.2) is 9.24 Å². The Labute approximate surface area is 279 Å². The van der Waals surface area contributed by atoms with Crippen molar-refractivity contribution in [3.63, 3.8) is 0 Å². The van der Waals surface area contributed by atoms with Crippen LogP contribution in [0.4, 0.5) is 0 Å². The first-order chi connectivity index (χ1) is 22.8. The van der Waals surface area contributed by atoms with Gasteiger partial charge in [-0.05, 0) is 73.4 Å². The molecule has 258 valence electrons. The maximum Gasteiger partial charge on any atom is 0.408 e. The number of unbranched alkanes of at least 4 members (excludes halogenated alkanes) is 2. The van der Waals surface area contributed by atoms with Crippen LogP contribution >= 0.6 is 7.75 Å². The zero-order valence-corrected chi connectivity index (χ0v) is 28.3. The number of aromatic hydroxyl groups is 1. The number of phenolic OH excluding ortho intramolecular Hbond substituents is 1. The molecule has 6 N–H and O–H groups in total. The predicted octanol–water partition coefficient (Wildman–Crippen LogP) is 5.42. The number of nitrogens with two attached hydrogens (primary N) is 1. The van der Waals surface area contributed by atoms with E-state index < -0.39 is 59.7 Å². The fourth-order valence-corrected chi connectivity index (χ4v) is 9.07. The van der Waals surface area contributed by atoms with Crippen LogP contribution in [0.15, 0.2) is 59.1 Å². The van der Waals surface area contributed by atoms with Gasteiger partial charge < -0.3 is 26.2 Å². The smallest absolute Gasteiger partial charge is 0.408 e. The molecule has 2 aromatic carbocycles. The molecule has 0 radical (unpaired) electrons. The summed E-state index contributed by atoms with van der Waals surface area (Å²) >= 11 is 0. The molecule has 13 heteroatoms. The number of rotatable bonds is 13. The van der Waals surface area contributed by atoms with E-state index in [-0.39, 0.29) is 55.9 Å². The van der Waals surface area contributed by atoms with Crippen molar-refractivity contribution in [3.8, 4) is 16.9 Å². The number of primary amides is 1. The molecule has 0 aromatic heterocycles. The van der Waals surface area contributed by atoms with Gasteiger partial charge in [0.1, 0.15) is 22.8 Å². The molecule has 0 saturated carbocycles. The summed E-state index contributed by atoms with van der Waals surface area (Å²) < 4.78 is 26.9. The van der Waals surface area contributed by atoms with E-state index in [4.69, 9.17) is 14.8 Å². The van der Waals surface area contributed by atoms with Gasteiger partial charge in [0.05, 0.1) is 18.8 Å². The zero-order valence-electron chi connectivity index (χ0n) is 27.4. The van der Waals surface area contributed by atoms with Gasteiger partial charge in [-0.1, -0.05) is 44.0 Å². The number of carbonyl (C=O) groups is 3. The summed E-state index contributed by atoms with van der Waals surface area (Å²) in [5.41, 5.74) is 4.31. The van der Waals surface area contributed by atoms with Crippen molar-refractivity contribution in [2.24, 2.45) is 17.6 Å². The van der Waals surface area contributed by atoms with Gasteiger partial charge in [-0.15, -0.1) is 0 Å². The molecule has 12 nitrogen and oxygen atoms in total. The molecule has 2 aromatic rings. The van der Waals surface area contributed by atoms with E-state index in [0.717, 1.165) is 30.4 Å². The fourth-order valence-electron chi connectivity index (χ4n) is 7.30. The highest BCUT2D eigenvalue weighted by Crippen LogP contribution is 2.54. The first-order valence-electron chi connectivity index (χ1n) is 16.4. The van der Waals surface area contributed by atoms with Gasteiger partial charge in [-0.3, -0.25) is 23.4 Å². The molecule has 0 aliphatic heterocycles. The van der Waals surface area contributed by atoms with Gasteiger partial charge >= 0.3 is 7.75 Å². The Hall–Kier alpha value is -3.80. The first kappa shape index (κ1) is 35.5. The third-order valence-corrected chi connectivity index (χ3v) is 11.7. The summed E-state index contributed by atoms with van der Waals surface area (Å²) in [7, 11) is -3.58. The molecular formula is C35H43N2O10P. The first-order valence-corrected chi connectivity index (χ1v) is 17.9. The number of fused-ring (bicyclic) bond motifs is 3. The van der Waals surface area contributed by atoms with Crippen LogP contribution in [0, 0.1) is 11.8 Å². The molecular weight excluding hydrogens is 639 g/mol. The van der Waals surface area contributed by atoms with Crippen LogP contribution in [0.3, 0.4) is 0 Å². The lowest BCUT2D eigenvalue weighted by Crippen LogP contribution is -2.57. The molecule has 1 amide bonds. The molecule has 5 rings (SSSR count). The van der Waals surface area contributed by atoms with Crippen LogP contribution in [0.2, 0.25) is 0 Å². The van der Waals surface area contributed by atoms with E-state index in [1.165, 1.54) is 6.07 Å². The average Bonchev–Trinajstić information content (AvgIpc) is 3.02. The lowest BCUT2D eigenvalue weighted by Gasteiger charge is -2.45. The number of hydrogen-bond donors (Lipinski definition) is 5. The van der Waals surface area contributed by atoms with Gasteiger partial charge in [0.15, 0.2) is 11.4 Å². The molecule has 0 unspecified atom stereocenters. The number of nitrogens with zero attached hydrogens (tertiary/aromatic N) is 1. The van der Waals surface area contributed by atoms with Crippen LogP contribution in [-0.4, -0.2) is 67.9 Å². The zero-order chi connectivity index (χ0) is 35.0. The van der Waals surface area contributed by atoms with Crippen molar-refractivity contribution in [3.05, 3.63) is 75.8 Å². The standard InChI is InChI=1S/C35H43N2O10P/c1-4-7-8-14-37(48(45,46-5-2)47-6-3)19-20-10-9-11-21(15-20)24-12-13-26(38)29-25(24)17-22-16-23-18-27(39)30(34(36)43)33(42)35(23,44)32(41)28(22)31(29)40/h9-13,15,22-23,38-39,41,44H,4-8,14,16-19H2,1-3H3,(H2,36,43)/t22-,23+,35+/m1/s1. The molecule has 0 heterocycles. The molecule has 0 saturated heterocycles. The Kier molecular flexibility index (Phi) is 10.3. The SMILES string of the molecule is CCCCCN(Cc1cccc(-c2ccc(O)c3c2C[C@H]2C[C@H]4CC(O)=C(C(N)=O)C(=O)[C@@]4(O)C(O)=C2C3=O)c1)P(=O)(OCC)OCC. The molecule has 3 aliphatic carbocycles. The van der Waals surface area contributed by atoms with Gasteiger partial charge in [0.25, 0.3) is 5.91 Å². The van der Waals surface area contributed by atoms with E-state index in [2.05, 4.69) is 6.92 Å². The van der Waals surface area contributed by atoms with Crippen molar-refractivity contribution in [1.82, 2.24) is 4.67 Å². The Morgan fingerprint density at radius 2 is 1.75 bits per heavy atom. The van der Waals surface area contributed by atoms with Crippen LogP contribution in [0.5, 0.6) is 5.75 Å². The summed E-state index contributed by atoms with van der Waals surface area (Å²) in [6.45, 7) is 6.83. The van der Waals surface area contributed by atoms with Crippen LogP contribution in [0.25, 0.3) is 11.1 Å². The monoisotopic (exact) mass is 682 g/mol. The summed E-state index contributed by atoms with van der Waals surface area (Å²) in [6, 6.07) is 10.6. The highest BCUT2D eigenvalue weighted by molar-refractivity contribution is 7.51. The van der Waals surface area contributed by atoms with Gasteiger partial charge in [-0.2, -0.15) is 0 Å². The number of ketones is 2. The summed E-state index contributed by atoms with van der Waals surface area (Å²) in [6.07, 6.45) is 2.65. The third-order valence-electron chi connectivity index (χ3n) is 9.50. The normalized spacial score (nSPS) is 22.5. The topological polar surface area (TPSA) is 197 Å². The number of amides is 1. The van der Waals surface area contributed by atoms with Crippen molar-refractivity contribution in [2.75, 3.05) is 19.8 Å². The number of carbonyl (C=O) groups excluding carboxylic acids is 3. The minimum Gasteiger partial charge on any atom is -0.511 e. The third kappa shape index (κ3) is 6.12. The average molecular weight is 683 g/mol. The maximum absolute atomic E-state index is 14.0. The second-order valence-electron chi connectivity index (χ2n) is 12.5. The van der Waals surface area contributed by atoms with E-state index in [0.29, 0.717) is 17.7 Å². The largest absolute Gasteiger partial charge is 0.511 e. The van der Waals surface area contributed by atoms with E-state index >= 15 is 0 Å². The number of allylic oxidation sites excluding steroid dienone is 2. The number of aliphatic hydroxyl groups is 3. The molecule has 3 atom stereocenters. The predicted molar refractivity (Wildman–Crippen MR) is 177 cm³/mol. The van der Waals surface area contributed by atoms with E-state index in [1.807, 2.05) is 24.3 Å². The molecule has 0 bridgehead atoms. The number of hydrogen-bond acceptors (Lipinski definition) is 10. The van der Waals surface area contributed by atoms with Crippen molar-refractivity contribution < 1.29 is 48.4 Å². The van der Waals surface area contributed by atoms with E-state index in [1.54, 1.807) is 24.6 Å². The van der Waals surface area contributed by atoms with Gasteiger partial charge in [0.2, 0.25) is 5.78 Å². The van der Waals surface area contributed by atoms with Crippen molar-refractivity contribution in [2.45, 2.75) is 71.4 Å². The highest BCUT2D eigenvalue weighted by Gasteiger charge is 2.59. The number of benzene rings is 2. The summed E-state index contributed by atoms with van der Waals surface area (Å²) in [5.74, 6) is -6.73. The second-order valence-corrected chi connectivity index (χ2v) is 14.5. The summed E-state index contributed by atoms with van der Waals surface area (Å²) in [4.78, 5) is 39.2. The minimum atomic E-state index is -3.58. The highest BCUT2D eigenvalue weighted by atomic mass is 31.2. The lowest BCUT2D eigenvalue weighted by molar-refractivity contribution is -0.144. The Balaban J connectivity index is 1.54. The Morgan fingerprint density at radius 3 is 2.40 bits per heavy atom. The summed E-state index contributed by atoms with van der Waals surface area (Å²) in [5, 5.41) is 44.2.